The van der Waals surface area contributed by atoms with Gasteiger partial charge in [0.05, 0.1) is 5.39 Å². The van der Waals surface area contributed by atoms with Gasteiger partial charge in [-0.1, -0.05) is 34.1 Å². The van der Waals surface area contributed by atoms with Crippen molar-refractivity contribution in [3.8, 4) is 11.1 Å². The van der Waals surface area contributed by atoms with Gasteiger partial charge in [0.1, 0.15) is 5.82 Å². The van der Waals surface area contributed by atoms with E-state index in [1.807, 2.05) is 0 Å². The Kier molecular flexibility index (Phi) is 3.54. The molecule has 22 heavy (non-hydrogen) atoms. The largest absolute Gasteiger partial charge is 0.475 e. The molecule has 1 N–H and O–H groups in total. The van der Waals surface area contributed by atoms with Crippen LogP contribution in [0, 0.1) is 5.82 Å². The molecular formula is C16H8BrFO4. The molecule has 0 aliphatic carbocycles. The van der Waals surface area contributed by atoms with Gasteiger partial charge in [0.2, 0.25) is 5.76 Å². The van der Waals surface area contributed by atoms with Gasteiger partial charge in [0.25, 0.3) is 0 Å². The average Bonchev–Trinajstić information content (AvgIpc) is 2.50. The molecule has 110 valence electrons. The molecule has 0 radical (unpaired) electrons. The third-order valence-electron chi connectivity index (χ3n) is 3.23. The van der Waals surface area contributed by atoms with Crippen molar-refractivity contribution in [1.29, 1.82) is 0 Å². The van der Waals surface area contributed by atoms with Crippen LogP contribution in [0.1, 0.15) is 10.6 Å². The number of hydrogen-bond acceptors (Lipinski definition) is 3. The molecule has 2 aromatic carbocycles. The van der Waals surface area contributed by atoms with Crippen molar-refractivity contribution in [2.75, 3.05) is 0 Å². The summed E-state index contributed by atoms with van der Waals surface area (Å²) in [5.74, 6) is -2.62. The summed E-state index contributed by atoms with van der Waals surface area (Å²) in [6, 6.07) is 10.5. The molecule has 0 unspecified atom stereocenters. The number of halogens is 2. The first kappa shape index (κ1) is 14.5. The summed E-state index contributed by atoms with van der Waals surface area (Å²) < 4.78 is 19.7. The fourth-order valence-corrected chi connectivity index (χ4v) is 2.67. The number of benzene rings is 2. The third kappa shape index (κ3) is 2.31. The maximum Gasteiger partial charge on any atom is 0.372 e. The van der Waals surface area contributed by atoms with Crippen LogP contribution in [-0.2, 0) is 0 Å². The molecule has 0 saturated heterocycles. The van der Waals surface area contributed by atoms with E-state index >= 15 is 0 Å². The normalized spacial score (nSPS) is 10.8. The Morgan fingerprint density at radius 2 is 1.82 bits per heavy atom. The van der Waals surface area contributed by atoms with Gasteiger partial charge in [-0.2, -0.15) is 0 Å². The Balaban J connectivity index is 2.53. The Bertz CT molecular complexity index is 962. The lowest BCUT2D eigenvalue weighted by molar-refractivity contribution is 0.0659. The quantitative estimate of drug-likeness (QED) is 0.746. The van der Waals surface area contributed by atoms with E-state index in [1.54, 1.807) is 18.2 Å². The number of rotatable bonds is 2. The van der Waals surface area contributed by atoms with Crippen LogP contribution in [0.5, 0.6) is 0 Å². The smallest absolute Gasteiger partial charge is 0.372 e. The van der Waals surface area contributed by atoms with Crippen molar-refractivity contribution < 1.29 is 18.7 Å². The number of carbonyl (C=O) groups is 1. The zero-order valence-electron chi connectivity index (χ0n) is 11.0. The van der Waals surface area contributed by atoms with Gasteiger partial charge >= 0.3 is 11.6 Å². The van der Waals surface area contributed by atoms with Crippen molar-refractivity contribution in [2.24, 2.45) is 0 Å². The van der Waals surface area contributed by atoms with Crippen LogP contribution in [0.2, 0.25) is 0 Å². The molecule has 4 nitrogen and oxygen atoms in total. The number of carboxylic acid groups (broad SMARTS) is 1. The number of hydrogen-bond donors (Lipinski definition) is 1. The van der Waals surface area contributed by atoms with Gasteiger partial charge in [-0.05, 0) is 24.3 Å². The van der Waals surface area contributed by atoms with Crippen molar-refractivity contribution in [3.63, 3.8) is 0 Å². The second kappa shape index (κ2) is 5.38. The summed E-state index contributed by atoms with van der Waals surface area (Å²) in [6.07, 6.45) is 0. The number of fused-ring (bicyclic) bond motifs is 1. The highest BCUT2D eigenvalue weighted by molar-refractivity contribution is 9.10. The van der Waals surface area contributed by atoms with Crippen LogP contribution in [-0.4, -0.2) is 11.1 Å². The minimum atomic E-state index is -1.43. The minimum Gasteiger partial charge on any atom is -0.475 e. The van der Waals surface area contributed by atoms with Crippen molar-refractivity contribution in [2.45, 2.75) is 0 Å². The van der Waals surface area contributed by atoms with Crippen molar-refractivity contribution >= 4 is 32.7 Å². The van der Waals surface area contributed by atoms with E-state index in [0.717, 1.165) is 0 Å². The van der Waals surface area contributed by atoms with E-state index in [9.17, 15) is 19.1 Å². The predicted molar refractivity (Wildman–Crippen MR) is 82.5 cm³/mol. The maximum absolute atomic E-state index is 14.2. The molecule has 0 aliphatic rings. The van der Waals surface area contributed by atoms with Crippen molar-refractivity contribution in [1.82, 2.24) is 0 Å². The highest BCUT2D eigenvalue weighted by Crippen LogP contribution is 2.34. The first-order valence-corrected chi connectivity index (χ1v) is 7.03. The second-order valence-electron chi connectivity index (χ2n) is 4.57. The van der Waals surface area contributed by atoms with Gasteiger partial charge in [0, 0.05) is 21.0 Å². The molecule has 0 saturated carbocycles. The molecule has 3 aromatic rings. The molecule has 0 amide bonds. The fourth-order valence-electron chi connectivity index (χ4n) is 2.31. The summed E-state index contributed by atoms with van der Waals surface area (Å²) in [5.41, 5.74) is -0.680. The fraction of sp³-hybridized carbons (Fsp3) is 0. The maximum atomic E-state index is 14.2. The first-order chi connectivity index (χ1) is 10.5. The lowest BCUT2D eigenvalue weighted by atomic mass is 9.98. The summed E-state index contributed by atoms with van der Waals surface area (Å²) in [7, 11) is 0. The van der Waals surface area contributed by atoms with Gasteiger partial charge in [-0.15, -0.1) is 0 Å². The summed E-state index contributed by atoms with van der Waals surface area (Å²) in [5, 5.41) is 9.83. The van der Waals surface area contributed by atoms with Gasteiger partial charge < -0.3 is 9.52 Å². The van der Waals surface area contributed by atoms with Crippen LogP contribution in [0.4, 0.5) is 4.39 Å². The second-order valence-corrected chi connectivity index (χ2v) is 5.48. The summed E-state index contributed by atoms with van der Waals surface area (Å²) in [4.78, 5) is 23.3. The number of carboxylic acids is 1. The molecule has 0 bridgehead atoms. The molecule has 6 heteroatoms. The molecule has 1 heterocycles. The standard InChI is InChI=1S/C16H8BrFO4/c17-8-5-6-12(18)11(7-8)13-9-3-1-2-4-10(9)16(21)22-14(13)15(19)20/h1-7H,(H,19,20). The van der Waals surface area contributed by atoms with Crippen LogP contribution in [0.15, 0.2) is 56.1 Å². The van der Waals surface area contributed by atoms with E-state index in [1.165, 1.54) is 24.3 Å². The molecule has 3 rings (SSSR count). The average molecular weight is 363 g/mol. The Labute approximate surface area is 131 Å². The first-order valence-electron chi connectivity index (χ1n) is 6.23. The molecule has 1 aromatic heterocycles. The van der Waals surface area contributed by atoms with Gasteiger partial charge in [-0.25, -0.2) is 14.0 Å². The summed E-state index contributed by atoms with van der Waals surface area (Å²) >= 11 is 3.23. The SMILES string of the molecule is O=C(O)c1oc(=O)c2ccccc2c1-c1cc(Br)ccc1F. The molecule has 0 fully saturated rings. The van der Waals surface area contributed by atoms with Crippen molar-refractivity contribution in [3.05, 3.63) is 68.9 Å². The molecule has 0 spiro atoms. The van der Waals surface area contributed by atoms with E-state index < -0.39 is 23.2 Å². The van der Waals surface area contributed by atoms with E-state index in [0.29, 0.717) is 9.86 Å². The van der Waals surface area contributed by atoms with Crippen LogP contribution < -0.4 is 5.63 Å². The van der Waals surface area contributed by atoms with Gasteiger partial charge in [0.15, 0.2) is 0 Å². The Hall–Kier alpha value is -2.47. The lowest BCUT2D eigenvalue weighted by Gasteiger charge is -2.10. The highest BCUT2D eigenvalue weighted by atomic mass is 79.9. The van der Waals surface area contributed by atoms with Gasteiger partial charge in [-0.3, -0.25) is 0 Å². The predicted octanol–water partition coefficient (Wildman–Crippen LogP) is 4.06. The van der Waals surface area contributed by atoms with Crippen LogP contribution >= 0.6 is 15.9 Å². The molecule has 0 atom stereocenters. The molecular weight excluding hydrogens is 355 g/mol. The summed E-state index contributed by atoms with van der Waals surface area (Å²) in [6.45, 7) is 0. The zero-order chi connectivity index (χ0) is 15.9. The van der Waals surface area contributed by atoms with E-state index in [4.69, 9.17) is 4.42 Å². The minimum absolute atomic E-state index is 0.0431. The topological polar surface area (TPSA) is 67.5 Å². The lowest BCUT2D eigenvalue weighted by Crippen LogP contribution is -2.09. The monoisotopic (exact) mass is 362 g/mol. The molecule has 0 aliphatic heterocycles. The number of aromatic carboxylic acids is 1. The Morgan fingerprint density at radius 1 is 1.14 bits per heavy atom. The third-order valence-corrected chi connectivity index (χ3v) is 3.72. The van der Waals surface area contributed by atoms with E-state index in [2.05, 4.69) is 15.9 Å². The van der Waals surface area contributed by atoms with E-state index in [-0.39, 0.29) is 16.5 Å². The van der Waals surface area contributed by atoms with Crippen LogP contribution in [0.25, 0.3) is 21.9 Å². The Morgan fingerprint density at radius 3 is 2.50 bits per heavy atom. The highest BCUT2D eigenvalue weighted by Gasteiger charge is 2.22. The zero-order valence-corrected chi connectivity index (χ0v) is 12.6. The van der Waals surface area contributed by atoms with Crippen LogP contribution in [0.3, 0.4) is 0 Å².